The van der Waals surface area contributed by atoms with E-state index < -0.39 is 0 Å². The Bertz CT molecular complexity index is 672. The van der Waals surface area contributed by atoms with Crippen LogP contribution in [0.5, 0.6) is 0 Å². The molecule has 18 heavy (non-hydrogen) atoms. The van der Waals surface area contributed by atoms with Crippen LogP contribution < -0.4 is 5.73 Å². The minimum Gasteiger partial charge on any atom is -0.398 e. The number of nitrogens with one attached hydrogen (secondary N) is 1. The zero-order valence-corrected chi connectivity index (χ0v) is 10.5. The van der Waals surface area contributed by atoms with Crippen LogP contribution in [0.4, 0.5) is 5.69 Å². The van der Waals surface area contributed by atoms with Gasteiger partial charge in [0.25, 0.3) is 0 Å². The minimum atomic E-state index is 0.623. The van der Waals surface area contributed by atoms with E-state index in [4.69, 9.17) is 5.73 Å². The number of aromatic amines is 1. The Balaban J connectivity index is 2.14. The molecule has 0 atom stereocenters. The number of H-pyrrole nitrogens is 1. The first-order valence-electron chi connectivity index (χ1n) is 5.44. The van der Waals surface area contributed by atoms with E-state index in [0.717, 1.165) is 27.3 Å². The van der Waals surface area contributed by atoms with Crippen LogP contribution in [-0.4, -0.2) is 20.6 Å². The van der Waals surface area contributed by atoms with Crippen LogP contribution in [0.15, 0.2) is 29.6 Å². The molecule has 3 aromatic rings. The molecule has 90 valence electrons. The highest BCUT2D eigenvalue weighted by atomic mass is 32.1. The van der Waals surface area contributed by atoms with Crippen LogP contribution >= 0.6 is 11.3 Å². The van der Waals surface area contributed by atoms with Gasteiger partial charge in [-0.2, -0.15) is 5.21 Å². The summed E-state index contributed by atoms with van der Waals surface area (Å²) in [5, 5.41) is 16.1. The quantitative estimate of drug-likeness (QED) is 0.691. The fraction of sp³-hybridized carbons (Fsp3) is 0.0833. The molecule has 3 rings (SSSR count). The summed E-state index contributed by atoms with van der Waals surface area (Å²) in [6.07, 6.45) is 0. The molecule has 2 aromatic heterocycles. The van der Waals surface area contributed by atoms with E-state index in [1.165, 1.54) is 0 Å². The second-order valence-corrected chi connectivity index (χ2v) is 4.81. The number of tetrazole rings is 1. The molecule has 0 spiro atoms. The summed E-state index contributed by atoms with van der Waals surface area (Å²) in [5.74, 6) is 0.623. The Kier molecular flexibility index (Phi) is 2.56. The molecule has 3 N–H and O–H groups in total. The first kappa shape index (κ1) is 10.9. The number of anilines is 1. The third kappa shape index (κ3) is 1.67. The highest BCUT2D eigenvalue weighted by Crippen LogP contribution is 2.37. The van der Waals surface area contributed by atoms with Crippen molar-refractivity contribution in [2.45, 2.75) is 6.92 Å². The summed E-state index contributed by atoms with van der Waals surface area (Å²) in [6, 6.07) is 7.84. The van der Waals surface area contributed by atoms with E-state index in [2.05, 4.69) is 26.0 Å². The van der Waals surface area contributed by atoms with Crippen LogP contribution in [0.1, 0.15) is 5.56 Å². The van der Waals surface area contributed by atoms with Gasteiger partial charge in [0.15, 0.2) is 0 Å². The summed E-state index contributed by atoms with van der Waals surface area (Å²) >= 11 is 1.60. The van der Waals surface area contributed by atoms with Gasteiger partial charge in [-0.05, 0) is 34.7 Å². The molecule has 0 bridgehead atoms. The predicted molar refractivity (Wildman–Crippen MR) is 72.1 cm³/mol. The molecular formula is C12H11N5S. The summed E-state index contributed by atoms with van der Waals surface area (Å²) in [4.78, 5) is 1.02. The van der Waals surface area contributed by atoms with Crippen molar-refractivity contribution in [1.29, 1.82) is 0 Å². The van der Waals surface area contributed by atoms with Crippen molar-refractivity contribution >= 4 is 17.0 Å². The van der Waals surface area contributed by atoms with Gasteiger partial charge in [0.2, 0.25) is 5.82 Å². The molecule has 6 heteroatoms. The third-order valence-corrected chi connectivity index (χ3v) is 3.92. The maximum atomic E-state index is 6.00. The van der Waals surface area contributed by atoms with Gasteiger partial charge in [0.05, 0.1) is 4.88 Å². The van der Waals surface area contributed by atoms with Gasteiger partial charge in [-0.15, -0.1) is 21.5 Å². The largest absolute Gasteiger partial charge is 0.398 e. The SMILES string of the molecule is Cc1c(-c2ccccc2N)csc1-c1nn[nH]n1. The Labute approximate surface area is 108 Å². The van der Waals surface area contributed by atoms with Crippen LogP contribution in [0, 0.1) is 6.92 Å². The Morgan fingerprint density at radius 3 is 2.78 bits per heavy atom. The summed E-state index contributed by atoms with van der Waals surface area (Å²) in [7, 11) is 0. The lowest BCUT2D eigenvalue weighted by atomic mass is 10.0. The van der Waals surface area contributed by atoms with Crippen molar-refractivity contribution in [2.75, 3.05) is 5.73 Å². The number of thiophene rings is 1. The lowest BCUT2D eigenvalue weighted by Crippen LogP contribution is -1.89. The smallest absolute Gasteiger partial charge is 0.214 e. The summed E-state index contributed by atoms with van der Waals surface area (Å²) in [5.41, 5.74) is 10.1. The Hall–Kier alpha value is -2.21. The van der Waals surface area contributed by atoms with Crippen molar-refractivity contribution in [1.82, 2.24) is 20.6 Å². The molecule has 0 unspecified atom stereocenters. The number of hydrogen-bond acceptors (Lipinski definition) is 5. The number of nitrogens with two attached hydrogens (primary N) is 1. The average Bonchev–Trinajstić information content (AvgIpc) is 2.99. The Morgan fingerprint density at radius 2 is 2.06 bits per heavy atom. The van der Waals surface area contributed by atoms with Gasteiger partial charge < -0.3 is 5.73 Å². The van der Waals surface area contributed by atoms with Crippen molar-refractivity contribution in [3.05, 3.63) is 35.2 Å². The van der Waals surface area contributed by atoms with Crippen molar-refractivity contribution in [2.24, 2.45) is 0 Å². The number of hydrogen-bond donors (Lipinski definition) is 2. The molecule has 0 radical (unpaired) electrons. The first-order chi connectivity index (χ1) is 8.77. The molecule has 0 saturated heterocycles. The van der Waals surface area contributed by atoms with Crippen molar-refractivity contribution in [3.8, 4) is 21.8 Å². The molecule has 0 amide bonds. The van der Waals surface area contributed by atoms with Crippen LogP contribution in [0.3, 0.4) is 0 Å². The number of para-hydroxylation sites is 1. The second kappa shape index (κ2) is 4.23. The van der Waals surface area contributed by atoms with Gasteiger partial charge in [-0.1, -0.05) is 18.2 Å². The highest BCUT2D eigenvalue weighted by Gasteiger charge is 2.15. The molecule has 0 aliphatic rings. The molecule has 0 aliphatic carbocycles. The lowest BCUT2D eigenvalue weighted by Gasteiger charge is -2.04. The van der Waals surface area contributed by atoms with Crippen molar-refractivity contribution < 1.29 is 0 Å². The zero-order valence-electron chi connectivity index (χ0n) is 9.71. The third-order valence-electron chi connectivity index (χ3n) is 2.84. The number of benzene rings is 1. The topological polar surface area (TPSA) is 80.5 Å². The van der Waals surface area contributed by atoms with Gasteiger partial charge in [0, 0.05) is 11.3 Å². The number of nitrogens with zero attached hydrogens (tertiary/aromatic N) is 3. The van der Waals surface area contributed by atoms with E-state index in [0.29, 0.717) is 5.82 Å². The van der Waals surface area contributed by atoms with E-state index in [-0.39, 0.29) is 0 Å². The first-order valence-corrected chi connectivity index (χ1v) is 6.32. The molecule has 2 heterocycles. The summed E-state index contributed by atoms with van der Waals surface area (Å²) < 4.78 is 0. The predicted octanol–water partition coefficient (Wildman–Crippen LogP) is 2.49. The molecule has 5 nitrogen and oxygen atoms in total. The lowest BCUT2D eigenvalue weighted by molar-refractivity contribution is 0.881. The van der Waals surface area contributed by atoms with E-state index >= 15 is 0 Å². The number of nitrogen functional groups attached to an aromatic ring is 1. The van der Waals surface area contributed by atoms with E-state index in [1.807, 2.05) is 31.2 Å². The van der Waals surface area contributed by atoms with E-state index in [9.17, 15) is 0 Å². The molecule has 1 aromatic carbocycles. The number of aromatic nitrogens is 4. The van der Waals surface area contributed by atoms with Crippen LogP contribution in [0.25, 0.3) is 21.8 Å². The fourth-order valence-corrected chi connectivity index (χ4v) is 2.92. The second-order valence-electron chi connectivity index (χ2n) is 3.93. The summed E-state index contributed by atoms with van der Waals surface area (Å²) in [6.45, 7) is 2.05. The zero-order chi connectivity index (χ0) is 12.5. The van der Waals surface area contributed by atoms with Crippen molar-refractivity contribution in [3.63, 3.8) is 0 Å². The normalized spacial score (nSPS) is 10.7. The van der Waals surface area contributed by atoms with Crippen LogP contribution in [-0.2, 0) is 0 Å². The van der Waals surface area contributed by atoms with Gasteiger partial charge in [-0.3, -0.25) is 0 Å². The van der Waals surface area contributed by atoms with Crippen LogP contribution in [0.2, 0.25) is 0 Å². The van der Waals surface area contributed by atoms with E-state index in [1.54, 1.807) is 11.3 Å². The molecule has 0 aliphatic heterocycles. The standard InChI is InChI=1S/C12H11N5S/c1-7-9(8-4-2-3-5-10(8)13)6-18-11(7)12-14-16-17-15-12/h2-6H,13H2,1H3,(H,14,15,16,17). The van der Waals surface area contributed by atoms with Gasteiger partial charge in [-0.25, -0.2) is 0 Å². The Morgan fingerprint density at radius 1 is 1.22 bits per heavy atom. The average molecular weight is 257 g/mol. The highest BCUT2D eigenvalue weighted by molar-refractivity contribution is 7.14. The molecular weight excluding hydrogens is 246 g/mol. The molecule has 0 saturated carbocycles. The van der Waals surface area contributed by atoms with Gasteiger partial charge >= 0.3 is 0 Å². The molecule has 0 fully saturated rings. The maximum Gasteiger partial charge on any atom is 0.214 e. The number of rotatable bonds is 2. The fourth-order valence-electron chi connectivity index (χ4n) is 1.90. The minimum absolute atomic E-state index is 0.623. The van der Waals surface area contributed by atoms with Gasteiger partial charge in [0.1, 0.15) is 0 Å². The maximum absolute atomic E-state index is 6.00. The monoisotopic (exact) mass is 257 g/mol.